The summed E-state index contributed by atoms with van der Waals surface area (Å²) in [6.45, 7) is 5.27. The number of benzene rings is 1. The number of carbonyl (C=O) groups excluding carboxylic acids is 1. The zero-order valence-electron chi connectivity index (χ0n) is 15.6. The van der Waals surface area contributed by atoms with Crippen LogP contribution in [0.25, 0.3) is 0 Å². The number of nitrogens with one attached hydrogen (secondary N) is 1. The van der Waals surface area contributed by atoms with Gasteiger partial charge in [0.2, 0.25) is 0 Å². The van der Waals surface area contributed by atoms with Crippen molar-refractivity contribution in [2.24, 2.45) is 5.73 Å². The lowest BCUT2D eigenvalue weighted by molar-refractivity contribution is 0.141. The first-order valence-electron chi connectivity index (χ1n) is 8.85. The topological polar surface area (TPSA) is 120 Å². The Balaban J connectivity index is 1.74. The lowest BCUT2D eigenvalue weighted by Crippen LogP contribution is -2.47. The third-order valence-corrected chi connectivity index (χ3v) is 4.42. The average Bonchev–Trinajstić information content (AvgIpc) is 2.73. The Labute approximate surface area is 167 Å². The minimum absolute atomic E-state index is 0.0717. The van der Waals surface area contributed by atoms with Gasteiger partial charge in [-0.1, -0.05) is 12.6 Å². The van der Waals surface area contributed by atoms with E-state index in [2.05, 4.69) is 26.8 Å². The van der Waals surface area contributed by atoms with Crippen molar-refractivity contribution in [1.82, 2.24) is 15.3 Å². The molecule has 150 valence electrons. The zero-order chi connectivity index (χ0) is 20.8. The maximum absolute atomic E-state index is 15.2. The fraction of sp³-hybridized carbons (Fsp3) is 0.263. The highest BCUT2D eigenvalue weighted by Gasteiger charge is 2.24. The number of hydrogen-bond acceptors (Lipinski definition) is 8. The number of anilines is 2. The molecule has 3 rings (SSSR count). The molecule has 2 heterocycles. The predicted molar refractivity (Wildman–Crippen MR) is 104 cm³/mol. The molecule has 0 aliphatic carbocycles. The van der Waals surface area contributed by atoms with E-state index >= 15 is 4.39 Å². The number of alkyl carbamates (subject to hydrolysis) is 1. The summed E-state index contributed by atoms with van der Waals surface area (Å²) in [6, 6.07) is 6.80. The molecule has 1 aliphatic heterocycles. The largest absolute Gasteiger partial charge is 0.444 e. The summed E-state index contributed by atoms with van der Waals surface area (Å²) in [4.78, 5) is 23.6. The number of aromatic nitrogens is 2. The van der Waals surface area contributed by atoms with Crippen LogP contribution < -0.4 is 20.9 Å². The smallest absolute Gasteiger partial charge is 0.413 e. The minimum Gasteiger partial charge on any atom is -0.444 e. The highest BCUT2D eigenvalue weighted by Crippen LogP contribution is 2.29. The summed E-state index contributed by atoms with van der Waals surface area (Å²) in [7, 11) is 0. The number of hydrogen-bond donors (Lipinski definition) is 2. The number of nitrogens with two attached hydrogens (primary N) is 1. The van der Waals surface area contributed by atoms with Crippen LogP contribution in [0.15, 0.2) is 43.1 Å². The van der Waals surface area contributed by atoms with Crippen LogP contribution in [0.2, 0.25) is 0 Å². The molecule has 1 fully saturated rings. The van der Waals surface area contributed by atoms with E-state index in [0.29, 0.717) is 26.2 Å². The summed E-state index contributed by atoms with van der Waals surface area (Å²) < 4.78 is 20.1. The van der Waals surface area contributed by atoms with E-state index in [9.17, 15) is 10.1 Å². The summed E-state index contributed by atoms with van der Waals surface area (Å²) in [5.41, 5.74) is 5.86. The Bertz CT molecular complexity index is 938. The van der Waals surface area contributed by atoms with Crippen LogP contribution in [0.5, 0.6) is 0 Å². The van der Waals surface area contributed by atoms with Gasteiger partial charge < -0.3 is 20.3 Å². The second-order valence-corrected chi connectivity index (χ2v) is 6.31. The van der Waals surface area contributed by atoms with E-state index in [4.69, 9.17) is 10.5 Å². The molecule has 2 aromatic rings. The Morgan fingerprint density at radius 3 is 2.66 bits per heavy atom. The van der Waals surface area contributed by atoms with Crippen molar-refractivity contribution in [2.45, 2.75) is 6.61 Å². The normalized spacial score (nSPS) is 13.5. The molecule has 0 bridgehead atoms. The van der Waals surface area contributed by atoms with Crippen LogP contribution in [-0.4, -0.2) is 42.2 Å². The minimum atomic E-state index is -0.832. The van der Waals surface area contributed by atoms with Crippen LogP contribution in [-0.2, 0) is 11.3 Å². The fourth-order valence-electron chi connectivity index (χ4n) is 3.06. The molecular formula is C19H20FN7O2. The summed E-state index contributed by atoms with van der Waals surface area (Å²) in [5.74, 6) is 0.145. The lowest BCUT2D eigenvalue weighted by Gasteiger charge is -2.37. The molecule has 1 aliphatic rings. The van der Waals surface area contributed by atoms with Crippen LogP contribution >= 0.6 is 0 Å². The SMILES string of the molecule is C=C(N)NC(=O)OCc1ccc(C#N)c(N2CCN(c3ccncn3)CC2)c1F. The van der Waals surface area contributed by atoms with Crippen LogP contribution in [0.4, 0.5) is 20.7 Å². The summed E-state index contributed by atoms with van der Waals surface area (Å²) in [6.07, 6.45) is 2.32. The van der Waals surface area contributed by atoms with Gasteiger partial charge in [0, 0.05) is 37.9 Å². The molecule has 0 atom stereocenters. The molecule has 0 spiro atoms. The van der Waals surface area contributed by atoms with Gasteiger partial charge in [-0.2, -0.15) is 5.26 Å². The first-order valence-corrected chi connectivity index (χ1v) is 8.85. The van der Waals surface area contributed by atoms with Crippen molar-refractivity contribution in [2.75, 3.05) is 36.0 Å². The van der Waals surface area contributed by atoms with Crippen LogP contribution in [0, 0.1) is 17.1 Å². The third kappa shape index (κ3) is 4.70. The van der Waals surface area contributed by atoms with E-state index in [1.54, 1.807) is 6.20 Å². The Hall–Kier alpha value is -3.87. The molecule has 0 radical (unpaired) electrons. The molecule has 1 amide bonds. The summed E-state index contributed by atoms with van der Waals surface area (Å²) >= 11 is 0. The molecule has 1 aromatic carbocycles. The monoisotopic (exact) mass is 397 g/mol. The first-order chi connectivity index (χ1) is 14.0. The second kappa shape index (κ2) is 8.88. The molecule has 10 heteroatoms. The quantitative estimate of drug-likeness (QED) is 0.778. The number of nitriles is 1. The Kier molecular flexibility index (Phi) is 6.09. The van der Waals surface area contributed by atoms with E-state index in [0.717, 1.165) is 5.82 Å². The Morgan fingerprint density at radius 1 is 1.31 bits per heavy atom. The molecule has 0 unspecified atom stereocenters. The van der Waals surface area contributed by atoms with Crippen molar-refractivity contribution in [3.8, 4) is 6.07 Å². The van der Waals surface area contributed by atoms with E-state index in [1.807, 2.05) is 17.0 Å². The fourth-order valence-corrected chi connectivity index (χ4v) is 3.06. The van der Waals surface area contributed by atoms with Gasteiger partial charge in [-0.05, 0) is 12.1 Å². The molecular weight excluding hydrogens is 377 g/mol. The van der Waals surface area contributed by atoms with Gasteiger partial charge in [0.25, 0.3) is 0 Å². The third-order valence-electron chi connectivity index (χ3n) is 4.42. The standard InChI is InChI=1S/C19H20FN7O2/c1-13(22)25-19(28)29-11-15-3-2-14(10-21)18(17(15)20)27-8-6-26(7-9-27)16-4-5-23-12-24-16/h2-5,12H,1,6-9,11,22H2,(H,25,28). The van der Waals surface area contributed by atoms with E-state index in [-0.39, 0.29) is 29.2 Å². The van der Waals surface area contributed by atoms with Gasteiger partial charge in [0.15, 0.2) is 5.82 Å². The first kappa shape index (κ1) is 19.9. The van der Waals surface area contributed by atoms with Crippen molar-refractivity contribution < 1.29 is 13.9 Å². The molecule has 1 aromatic heterocycles. The molecule has 1 saturated heterocycles. The maximum atomic E-state index is 15.2. The predicted octanol–water partition coefficient (Wildman–Crippen LogP) is 1.47. The maximum Gasteiger partial charge on any atom is 0.413 e. The van der Waals surface area contributed by atoms with Gasteiger partial charge in [-0.25, -0.2) is 19.2 Å². The molecule has 0 saturated carbocycles. The number of nitrogens with zero attached hydrogens (tertiary/aromatic N) is 5. The average molecular weight is 397 g/mol. The second-order valence-electron chi connectivity index (χ2n) is 6.31. The van der Waals surface area contributed by atoms with Crippen molar-refractivity contribution in [1.29, 1.82) is 5.26 Å². The van der Waals surface area contributed by atoms with Gasteiger partial charge in [0.05, 0.1) is 17.1 Å². The van der Waals surface area contributed by atoms with E-state index < -0.39 is 11.9 Å². The number of piperazine rings is 1. The summed E-state index contributed by atoms with van der Waals surface area (Å²) in [5, 5.41) is 11.6. The van der Waals surface area contributed by atoms with Crippen LogP contribution in [0.3, 0.4) is 0 Å². The number of rotatable bonds is 5. The Morgan fingerprint density at radius 2 is 2.03 bits per heavy atom. The highest BCUT2D eigenvalue weighted by molar-refractivity contribution is 5.69. The van der Waals surface area contributed by atoms with E-state index in [1.165, 1.54) is 18.5 Å². The van der Waals surface area contributed by atoms with Gasteiger partial charge in [-0.15, -0.1) is 0 Å². The number of amides is 1. The number of halogens is 1. The number of carbonyl (C=O) groups is 1. The van der Waals surface area contributed by atoms with Gasteiger partial charge in [0.1, 0.15) is 24.8 Å². The molecule has 29 heavy (non-hydrogen) atoms. The van der Waals surface area contributed by atoms with Crippen LogP contribution in [0.1, 0.15) is 11.1 Å². The molecule has 3 N–H and O–H groups in total. The zero-order valence-corrected chi connectivity index (χ0v) is 15.6. The highest BCUT2D eigenvalue weighted by atomic mass is 19.1. The van der Waals surface area contributed by atoms with Crippen molar-refractivity contribution in [3.05, 3.63) is 60.1 Å². The van der Waals surface area contributed by atoms with Crippen molar-refractivity contribution in [3.63, 3.8) is 0 Å². The number of ether oxygens (including phenoxy) is 1. The van der Waals surface area contributed by atoms with Gasteiger partial charge in [-0.3, -0.25) is 5.32 Å². The van der Waals surface area contributed by atoms with Gasteiger partial charge >= 0.3 is 6.09 Å². The molecule has 9 nitrogen and oxygen atoms in total. The lowest BCUT2D eigenvalue weighted by atomic mass is 10.1. The van der Waals surface area contributed by atoms with Crippen molar-refractivity contribution >= 4 is 17.6 Å².